The second-order valence-electron chi connectivity index (χ2n) is 4.32. The van der Waals surface area contributed by atoms with Crippen molar-refractivity contribution in [3.8, 4) is 0 Å². The molecule has 1 fully saturated rings. The van der Waals surface area contributed by atoms with Crippen LogP contribution in [0.2, 0.25) is 0 Å². The fraction of sp³-hybridized carbons (Fsp3) is 0.900. The number of hydrogen-bond acceptors (Lipinski definition) is 3. The van der Waals surface area contributed by atoms with Gasteiger partial charge in [0.1, 0.15) is 5.92 Å². The summed E-state index contributed by atoms with van der Waals surface area (Å²) in [6.07, 6.45) is -1.84. The van der Waals surface area contributed by atoms with E-state index < -0.39 is 17.9 Å². The molecule has 0 amide bonds. The van der Waals surface area contributed by atoms with Gasteiger partial charge in [0, 0.05) is 12.6 Å². The van der Waals surface area contributed by atoms with Crippen LogP contribution in [0.25, 0.3) is 0 Å². The van der Waals surface area contributed by atoms with E-state index in [0.29, 0.717) is 6.54 Å². The van der Waals surface area contributed by atoms with Crippen molar-refractivity contribution in [1.29, 1.82) is 0 Å². The highest BCUT2D eigenvalue weighted by molar-refractivity contribution is 5.83. The fourth-order valence-electron chi connectivity index (χ4n) is 2.27. The van der Waals surface area contributed by atoms with Crippen LogP contribution < -0.4 is 5.73 Å². The fourth-order valence-corrected chi connectivity index (χ4v) is 2.27. The zero-order chi connectivity index (χ0) is 13.1. The van der Waals surface area contributed by atoms with Crippen molar-refractivity contribution >= 4 is 5.84 Å². The maximum absolute atomic E-state index is 12.7. The minimum absolute atomic E-state index is 0.173. The van der Waals surface area contributed by atoms with Gasteiger partial charge in [0.2, 0.25) is 0 Å². The van der Waals surface area contributed by atoms with Crippen molar-refractivity contribution < 1.29 is 18.4 Å². The van der Waals surface area contributed by atoms with Crippen LogP contribution in [0.15, 0.2) is 5.16 Å². The number of halogens is 3. The van der Waals surface area contributed by atoms with E-state index in [9.17, 15) is 13.2 Å². The van der Waals surface area contributed by atoms with Crippen LogP contribution in [0, 0.1) is 5.92 Å². The van der Waals surface area contributed by atoms with Gasteiger partial charge in [-0.25, -0.2) is 0 Å². The molecule has 2 unspecified atom stereocenters. The standard InChI is InChI=1S/C10H18F3N3O/c1-2-7-4-3-5-16(7)6-8(9(14)15-17)10(11,12)13/h7-8,17H,2-6H2,1H3,(H2,14,15). The van der Waals surface area contributed by atoms with Crippen LogP contribution in [-0.2, 0) is 0 Å². The number of hydrogen-bond donors (Lipinski definition) is 2. The van der Waals surface area contributed by atoms with Crippen molar-refractivity contribution in [1.82, 2.24) is 4.90 Å². The van der Waals surface area contributed by atoms with Gasteiger partial charge < -0.3 is 10.9 Å². The van der Waals surface area contributed by atoms with E-state index in [-0.39, 0.29) is 12.6 Å². The summed E-state index contributed by atoms with van der Waals surface area (Å²) in [6, 6.07) is 0.173. The second kappa shape index (κ2) is 5.57. The lowest BCUT2D eigenvalue weighted by molar-refractivity contribution is -0.160. The molecule has 4 nitrogen and oxygen atoms in total. The number of amidine groups is 1. The lowest BCUT2D eigenvalue weighted by Gasteiger charge is -2.28. The van der Waals surface area contributed by atoms with E-state index in [2.05, 4.69) is 5.16 Å². The first-order chi connectivity index (χ1) is 7.90. The Balaban J connectivity index is 2.73. The van der Waals surface area contributed by atoms with Crippen LogP contribution >= 0.6 is 0 Å². The van der Waals surface area contributed by atoms with E-state index in [1.54, 1.807) is 4.90 Å². The number of nitrogens with zero attached hydrogens (tertiary/aromatic N) is 2. The van der Waals surface area contributed by atoms with E-state index in [4.69, 9.17) is 10.9 Å². The normalized spacial score (nSPS) is 25.2. The minimum Gasteiger partial charge on any atom is -0.409 e. The summed E-state index contributed by atoms with van der Waals surface area (Å²) in [5, 5.41) is 10.9. The van der Waals surface area contributed by atoms with Crippen LogP contribution in [-0.4, -0.2) is 41.3 Å². The van der Waals surface area contributed by atoms with Gasteiger partial charge in [-0.15, -0.1) is 0 Å². The van der Waals surface area contributed by atoms with E-state index in [1.807, 2.05) is 6.92 Å². The van der Waals surface area contributed by atoms with Crippen molar-refractivity contribution in [3.63, 3.8) is 0 Å². The van der Waals surface area contributed by atoms with E-state index >= 15 is 0 Å². The van der Waals surface area contributed by atoms with Gasteiger partial charge >= 0.3 is 6.18 Å². The summed E-state index contributed by atoms with van der Waals surface area (Å²) >= 11 is 0. The molecule has 0 aromatic rings. The molecule has 1 aliphatic heterocycles. The van der Waals surface area contributed by atoms with Crippen molar-refractivity contribution in [2.75, 3.05) is 13.1 Å². The molecule has 100 valence electrons. The van der Waals surface area contributed by atoms with Gasteiger partial charge in [0.25, 0.3) is 0 Å². The molecule has 0 radical (unpaired) electrons. The Labute approximate surface area is 98.3 Å². The van der Waals surface area contributed by atoms with Gasteiger partial charge in [-0.05, 0) is 25.8 Å². The molecule has 3 N–H and O–H groups in total. The zero-order valence-corrected chi connectivity index (χ0v) is 9.74. The molecule has 0 aliphatic carbocycles. The largest absolute Gasteiger partial charge is 0.409 e. The Kier molecular flexibility index (Phi) is 4.62. The first-order valence-electron chi connectivity index (χ1n) is 5.68. The second-order valence-corrected chi connectivity index (χ2v) is 4.32. The number of rotatable bonds is 4. The lowest BCUT2D eigenvalue weighted by Crippen LogP contribution is -2.45. The summed E-state index contributed by atoms with van der Waals surface area (Å²) in [4.78, 5) is 1.77. The van der Waals surface area contributed by atoms with Crippen molar-refractivity contribution in [3.05, 3.63) is 0 Å². The Hall–Kier alpha value is -0.980. The highest BCUT2D eigenvalue weighted by Crippen LogP contribution is 2.30. The van der Waals surface area contributed by atoms with Gasteiger partial charge in [-0.3, -0.25) is 4.90 Å². The third kappa shape index (κ3) is 3.49. The molecule has 0 saturated carbocycles. The molecule has 17 heavy (non-hydrogen) atoms. The van der Waals surface area contributed by atoms with Crippen molar-refractivity contribution in [2.24, 2.45) is 16.8 Å². The molecule has 7 heteroatoms. The summed E-state index contributed by atoms with van der Waals surface area (Å²) in [5.41, 5.74) is 5.12. The summed E-state index contributed by atoms with van der Waals surface area (Å²) in [5.74, 6) is -2.65. The molecule has 0 aromatic carbocycles. The average molecular weight is 253 g/mol. The molecule has 1 rings (SSSR count). The number of likely N-dealkylation sites (tertiary alicyclic amines) is 1. The number of oxime groups is 1. The minimum atomic E-state index is -4.48. The highest BCUT2D eigenvalue weighted by atomic mass is 19.4. The molecule has 2 atom stereocenters. The third-order valence-corrected chi connectivity index (χ3v) is 3.26. The maximum atomic E-state index is 12.7. The Morgan fingerprint density at radius 1 is 1.59 bits per heavy atom. The van der Waals surface area contributed by atoms with E-state index in [1.165, 1.54) is 0 Å². The Morgan fingerprint density at radius 2 is 2.24 bits per heavy atom. The molecule has 0 aromatic heterocycles. The van der Waals surface area contributed by atoms with Crippen molar-refractivity contribution in [2.45, 2.75) is 38.4 Å². The third-order valence-electron chi connectivity index (χ3n) is 3.26. The molecular weight excluding hydrogens is 235 g/mol. The van der Waals surface area contributed by atoms with Crippen LogP contribution in [0.4, 0.5) is 13.2 Å². The highest BCUT2D eigenvalue weighted by Gasteiger charge is 2.44. The SMILES string of the molecule is CCC1CCCN1CC(C(N)=NO)C(F)(F)F. The zero-order valence-electron chi connectivity index (χ0n) is 9.74. The molecule has 1 heterocycles. The predicted molar refractivity (Wildman–Crippen MR) is 57.8 cm³/mol. The summed E-state index contributed by atoms with van der Waals surface area (Å²) in [7, 11) is 0. The summed E-state index contributed by atoms with van der Waals surface area (Å²) < 4.78 is 38.2. The van der Waals surface area contributed by atoms with Gasteiger partial charge in [0.05, 0.1) is 0 Å². The Morgan fingerprint density at radius 3 is 2.71 bits per heavy atom. The molecule has 1 aliphatic rings. The Bertz CT molecular complexity index is 280. The molecule has 0 spiro atoms. The smallest absolute Gasteiger partial charge is 0.400 e. The first-order valence-corrected chi connectivity index (χ1v) is 5.68. The maximum Gasteiger partial charge on any atom is 0.400 e. The van der Waals surface area contributed by atoms with Crippen LogP contribution in [0.1, 0.15) is 26.2 Å². The number of alkyl halides is 3. The quantitative estimate of drug-likeness (QED) is 0.347. The monoisotopic (exact) mass is 253 g/mol. The van der Waals surface area contributed by atoms with Gasteiger partial charge in [-0.1, -0.05) is 12.1 Å². The molecule has 0 bridgehead atoms. The predicted octanol–water partition coefficient (Wildman–Crippen LogP) is 1.79. The lowest BCUT2D eigenvalue weighted by atomic mass is 10.1. The molecular formula is C10H18F3N3O. The van der Waals surface area contributed by atoms with E-state index in [0.717, 1.165) is 19.3 Å². The average Bonchev–Trinajstić information content (AvgIpc) is 2.70. The van der Waals surface area contributed by atoms with Crippen LogP contribution in [0.5, 0.6) is 0 Å². The number of nitrogens with two attached hydrogens (primary N) is 1. The van der Waals surface area contributed by atoms with Gasteiger partial charge in [-0.2, -0.15) is 13.2 Å². The summed E-state index contributed by atoms with van der Waals surface area (Å²) in [6.45, 7) is 2.37. The van der Waals surface area contributed by atoms with Gasteiger partial charge in [0.15, 0.2) is 5.84 Å². The molecule has 1 saturated heterocycles. The first kappa shape index (κ1) is 14.1. The topological polar surface area (TPSA) is 61.8 Å². The van der Waals surface area contributed by atoms with Crippen LogP contribution in [0.3, 0.4) is 0 Å².